The van der Waals surface area contributed by atoms with Crippen LogP contribution in [0, 0.1) is 6.92 Å². The molecule has 2 heterocycles. The van der Waals surface area contributed by atoms with Gasteiger partial charge in [-0.05, 0) is 56.2 Å². The number of nitrogens with zero attached hydrogens (tertiary/aromatic N) is 2. The van der Waals surface area contributed by atoms with Crippen molar-refractivity contribution in [1.29, 1.82) is 0 Å². The molecular formula is C23H26N2O6S. The van der Waals surface area contributed by atoms with Gasteiger partial charge >= 0.3 is 0 Å². The molecule has 0 radical (unpaired) electrons. The SMILES string of the molecule is COc1ccc(N2C(=O)CC(N(CC3CCCO3)S(=O)(=O)c3ccc(C)cc3)C2=O)cc1. The average Bonchev–Trinajstić information content (AvgIpc) is 3.40. The van der Waals surface area contributed by atoms with Crippen LogP contribution in [0.15, 0.2) is 53.4 Å². The van der Waals surface area contributed by atoms with E-state index in [1.807, 2.05) is 6.92 Å². The molecule has 2 atom stereocenters. The molecule has 0 aromatic heterocycles. The van der Waals surface area contributed by atoms with Crippen molar-refractivity contribution in [3.63, 3.8) is 0 Å². The summed E-state index contributed by atoms with van der Waals surface area (Å²) in [6.45, 7) is 2.45. The van der Waals surface area contributed by atoms with E-state index in [9.17, 15) is 18.0 Å². The number of hydrogen-bond acceptors (Lipinski definition) is 6. The second-order valence-corrected chi connectivity index (χ2v) is 9.90. The number of anilines is 1. The number of carbonyl (C=O) groups is 2. The summed E-state index contributed by atoms with van der Waals surface area (Å²) in [5, 5.41) is 0. The molecule has 9 heteroatoms. The quantitative estimate of drug-likeness (QED) is 0.592. The Morgan fingerprint density at radius 1 is 1.09 bits per heavy atom. The number of sulfonamides is 1. The lowest BCUT2D eigenvalue weighted by Gasteiger charge is -2.29. The first-order valence-electron chi connectivity index (χ1n) is 10.5. The van der Waals surface area contributed by atoms with E-state index in [0.29, 0.717) is 24.5 Å². The lowest BCUT2D eigenvalue weighted by Crippen LogP contribution is -2.48. The summed E-state index contributed by atoms with van der Waals surface area (Å²) < 4.78 is 39.1. The monoisotopic (exact) mass is 458 g/mol. The molecule has 4 rings (SSSR count). The molecule has 0 N–H and O–H groups in total. The first kappa shape index (κ1) is 22.4. The lowest BCUT2D eigenvalue weighted by molar-refractivity contribution is -0.122. The number of benzene rings is 2. The van der Waals surface area contributed by atoms with E-state index in [0.717, 1.165) is 21.2 Å². The standard InChI is InChI=1S/C23H26N2O6S/c1-16-5-11-20(12-6-16)32(28,29)24(15-19-4-3-13-31-19)21-14-22(26)25(23(21)27)17-7-9-18(30-2)10-8-17/h5-12,19,21H,3-4,13-15H2,1-2H3. The van der Waals surface area contributed by atoms with Crippen molar-refractivity contribution in [3.05, 3.63) is 54.1 Å². The Kier molecular flexibility index (Phi) is 6.32. The number of imide groups is 1. The van der Waals surface area contributed by atoms with Gasteiger partial charge in [-0.2, -0.15) is 4.31 Å². The molecule has 0 spiro atoms. The molecule has 0 bridgehead atoms. The molecule has 2 fully saturated rings. The number of methoxy groups -OCH3 is 1. The van der Waals surface area contributed by atoms with Crippen LogP contribution in [0.3, 0.4) is 0 Å². The van der Waals surface area contributed by atoms with Gasteiger partial charge in [0.25, 0.3) is 5.91 Å². The van der Waals surface area contributed by atoms with Gasteiger partial charge in [0.05, 0.1) is 30.2 Å². The van der Waals surface area contributed by atoms with Gasteiger partial charge in [-0.1, -0.05) is 17.7 Å². The summed E-state index contributed by atoms with van der Waals surface area (Å²) in [5.41, 5.74) is 1.31. The average molecular weight is 459 g/mol. The number of carbonyl (C=O) groups excluding carboxylic acids is 2. The molecule has 2 amide bonds. The Morgan fingerprint density at radius 2 is 1.78 bits per heavy atom. The van der Waals surface area contributed by atoms with Gasteiger partial charge in [0.15, 0.2) is 0 Å². The third-order valence-electron chi connectivity index (χ3n) is 5.84. The Morgan fingerprint density at radius 3 is 2.38 bits per heavy atom. The Hall–Kier alpha value is -2.75. The first-order valence-corrected chi connectivity index (χ1v) is 12.0. The summed E-state index contributed by atoms with van der Waals surface area (Å²) in [5.74, 6) is -0.415. The topological polar surface area (TPSA) is 93.2 Å². The highest BCUT2D eigenvalue weighted by atomic mass is 32.2. The zero-order chi connectivity index (χ0) is 22.9. The van der Waals surface area contributed by atoms with Gasteiger partial charge in [0.1, 0.15) is 11.8 Å². The van der Waals surface area contributed by atoms with Crippen LogP contribution in [-0.4, -0.2) is 56.9 Å². The van der Waals surface area contributed by atoms with Gasteiger partial charge in [0.2, 0.25) is 15.9 Å². The van der Waals surface area contributed by atoms with Crippen LogP contribution in [0.5, 0.6) is 5.75 Å². The predicted octanol–water partition coefficient (Wildman–Crippen LogP) is 2.51. The molecule has 2 unspecified atom stereocenters. The fourth-order valence-electron chi connectivity index (χ4n) is 4.07. The zero-order valence-electron chi connectivity index (χ0n) is 18.1. The second-order valence-electron chi connectivity index (χ2n) is 8.01. The van der Waals surface area contributed by atoms with E-state index < -0.39 is 27.9 Å². The molecule has 2 saturated heterocycles. The highest BCUT2D eigenvalue weighted by Gasteiger charge is 2.47. The minimum absolute atomic E-state index is 0.0242. The fourth-order valence-corrected chi connectivity index (χ4v) is 5.68. The molecule has 0 aliphatic carbocycles. The van der Waals surface area contributed by atoms with E-state index in [4.69, 9.17) is 9.47 Å². The van der Waals surface area contributed by atoms with Gasteiger partial charge < -0.3 is 9.47 Å². The Bertz CT molecular complexity index is 1090. The van der Waals surface area contributed by atoms with Crippen molar-refractivity contribution >= 4 is 27.5 Å². The van der Waals surface area contributed by atoms with E-state index >= 15 is 0 Å². The van der Waals surface area contributed by atoms with Crippen molar-refractivity contribution in [1.82, 2.24) is 4.31 Å². The fraction of sp³-hybridized carbons (Fsp3) is 0.391. The predicted molar refractivity (Wildman–Crippen MR) is 118 cm³/mol. The number of aryl methyl sites for hydroxylation is 1. The summed E-state index contributed by atoms with van der Waals surface area (Å²) in [6, 6.07) is 11.9. The molecule has 2 aliphatic heterocycles. The number of ether oxygens (including phenoxy) is 2. The highest BCUT2D eigenvalue weighted by molar-refractivity contribution is 7.89. The van der Waals surface area contributed by atoms with Crippen LogP contribution < -0.4 is 9.64 Å². The number of hydrogen-bond donors (Lipinski definition) is 0. The Balaban J connectivity index is 1.68. The van der Waals surface area contributed by atoms with Crippen LogP contribution in [0.1, 0.15) is 24.8 Å². The third-order valence-corrected chi connectivity index (χ3v) is 7.73. The second kappa shape index (κ2) is 9.01. The van der Waals surface area contributed by atoms with E-state index in [1.54, 1.807) is 36.4 Å². The minimum atomic E-state index is -4.03. The molecule has 2 aliphatic rings. The summed E-state index contributed by atoms with van der Waals surface area (Å²) in [7, 11) is -2.50. The zero-order valence-corrected chi connectivity index (χ0v) is 18.9. The Labute approximate surface area is 187 Å². The summed E-state index contributed by atoms with van der Waals surface area (Å²) >= 11 is 0. The minimum Gasteiger partial charge on any atom is -0.497 e. The highest BCUT2D eigenvalue weighted by Crippen LogP contribution is 2.31. The molecule has 8 nitrogen and oxygen atoms in total. The van der Waals surface area contributed by atoms with Gasteiger partial charge in [-0.25, -0.2) is 13.3 Å². The van der Waals surface area contributed by atoms with Gasteiger partial charge in [0, 0.05) is 13.2 Å². The van der Waals surface area contributed by atoms with E-state index in [-0.39, 0.29) is 24.0 Å². The normalized spacial score (nSPS) is 21.5. The lowest BCUT2D eigenvalue weighted by atomic mass is 10.2. The van der Waals surface area contributed by atoms with Crippen LogP contribution in [0.25, 0.3) is 0 Å². The first-order chi connectivity index (χ1) is 15.3. The maximum atomic E-state index is 13.6. The summed E-state index contributed by atoms with van der Waals surface area (Å²) in [4.78, 5) is 27.3. The molecule has 2 aromatic rings. The maximum absolute atomic E-state index is 13.6. The largest absolute Gasteiger partial charge is 0.497 e. The smallest absolute Gasteiger partial charge is 0.252 e. The third kappa shape index (κ3) is 4.28. The molecule has 170 valence electrons. The molecule has 32 heavy (non-hydrogen) atoms. The van der Waals surface area contributed by atoms with Crippen LogP contribution in [0.2, 0.25) is 0 Å². The van der Waals surface area contributed by atoms with Gasteiger partial charge in [-0.15, -0.1) is 0 Å². The van der Waals surface area contributed by atoms with Crippen LogP contribution >= 0.6 is 0 Å². The van der Waals surface area contributed by atoms with Crippen molar-refractivity contribution in [2.45, 2.75) is 43.2 Å². The van der Waals surface area contributed by atoms with Crippen molar-refractivity contribution < 1.29 is 27.5 Å². The molecular weight excluding hydrogens is 432 g/mol. The van der Waals surface area contributed by atoms with Crippen LogP contribution in [0.4, 0.5) is 5.69 Å². The van der Waals surface area contributed by atoms with Crippen molar-refractivity contribution in [2.24, 2.45) is 0 Å². The maximum Gasteiger partial charge on any atom is 0.252 e. The van der Waals surface area contributed by atoms with Crippen molar-refractivity contribution in [2.75, 3.05) is 25.2 Å². The molecule has 2 aromatic carbocycles. The van der Waals surface area contributed by atoms with E-state index in [1.165, 1.54) is 19.2 Å². The van der Waals surface area contributed by atoms with Gasteiger partial charge in [-0.3, -0.25) is 9.59 Å². The molecule has 0 saturated carbocycles. The summed E-state index contributed by atoms with van der Waals surface area (Å²) in [6.07, 6.45) is 1.01. The van der Waals surface area contributed by atoms with Crippen molar-refractivity contribution in [3.8, 4) is 5.75 Å². The van der Waals surface area contributed by atoms with Crippen LogP contribution in [-0.2, 0) is 24.3 Å². The van der Waals surface area contributed by atoms with E-state index in [2.05, 4.69) is 0 Å². The number of rotatable bonds is 7. The number of amides is 2.